The van der Waals surface area contributed by atoms with Crippen molar-refractivity contribution in [3.8, 4) is 0 Å². The van der Waals surface area contributed by atoms with Gasteiger partial charge in [-0.3, -0.25) is 0 Å². The maximum absolute atomic E-state index is 5.46. The van der Waals surface area contributed by atoms with Crippen LogP contribution in [-0.4, -0.2) is 26.3 Å². The first-order valence-corrected chi connectivity index (χ1v) is 5.61. The molecule has 1 N–H and O–H groups in total. The quantitative estimate of drug-likeness (QED) is 0.612. The average molecular weight is 181 g/mol. The molecule has 2 heterocycles. The minimum atomic E-state index is 0.618. The summed E-state index contributed by atoms with van der Waals surface area (Å²) in [6.45, 7) is 4.53. The van der Waals surface area contributed by atoms with Gasteiger partial charge in [0.15, 0.2) is 0 Å². The second kappa shape index (κ2) is 2.71. The molecule has 2 saturated heterocycles. The van der Waals surface area contributed by atoms with Crippen LogP contribution >= 0.6 is 0 Å². The van der Waals surface area contributed by atoms with Crippen molar-refractivity contribution in [2.24, 2.45) is 10.8 Å². The Morgan fingerprint density at radius 1 is 0.846 bits per heavy atom. The van der Waals surface area contributed by atoms with Crippen molar-refractivity contribution < 1.29 is 4.74 Å². The summed E-state index contributed by atoms with van der Waals surface area (Å²) in [5, 5.41) is 3.64. The largest absolute Gasteiger partial charge is 0.381 e. The van der Waals surface area contributed by atoms with E-state index in [1.54, 1.807) is 0 Å². The van der Waals surface area contributed by atoms with Gasteiger partial charge in [0.2, 0.25) is 0 Å². The smallest absolute Gasteiger partial charge is 0.0471 e. The lowest BCUT2D eigenvalue weighted by Crippen LogP contribution is -2.48. The predicted octanol–water partition coefficient (Wildman–Crippen LogP) is 1.56. The highest BCUT2D eigenvalue weighted by Gasteiger charge is 2.51. The molecule has 0 aromatic heterocycles. The van der Waals surface area contributed by atoms with Crippen molar-refractivity contribution in [3.05, 3.63) is 0 Å². The maximum Gasteiger partial charge on any atom is 0.0471 e. The Kier molecular flexibility index (Phi) is 1.72. The van der Waals surface area contributed by atoms with Crippen LogP contribution in [0.1, 0.15) is 32.1 Å². The molecule has 0 radical (unpaired) electrons. The Labute approximate surface area is 80.0 Å². The van der Waals surface area contributed by atoms with Gasteiger partial charge in [0.1, 0.15) is 0 Å². The average Bonchev–Trinajstić information content (AvgIpc) is 2.86. The third kappa shape index (κ3) is 1.40. The summed E-state index contributed by atoms with van der Waals surface area (Å²) in [6.07, 6.45) is 7.02. The van der Waals surface area contributed by atoms with Crippen LogP contribution in [-0.2, 0) is 4.74 Å². The van der Waals surface area contributed by atoms with Crippen molar-refractivity contribution in [1.82, 2.24) is 5.32 Å². The highest BCUT2D eigenvalue weighted by atomic mass is 16.5. The van der Waals surface area contributed by atoms with Gasteiger partial charge in [-0.15, -0.1) is 0 Å². The molecule has 0 atom stereocenters. The van der Waals surface area contributed by atoms with E-state index >= 15 is 0 Å². The molecule has 2 aliphatic heterocycles. The minimum absolute atomic E-state index is 0.618. The molecular formula is C11H19NO. The van der Waals surface area contributed by atoms with E-state index in [-0.39, 0.29) is 0 Å². The van der Waals surface area contributed by atoms with E-state index in [2.05, 4.69) is 5.32 Å². The molecule has 0 amide bonds. The third-order valence-corrected chi connectivity index (χ3v) is 4.26. The Morgan fingerprint density at radius 2 is 1.46 bits per heavy atom. The van der Waals surface area contributed by atoms with Crippen molar-refractivity contribution >= 4 is 0 Å². The fraction of sp³-hybridized carbons (Fsp3) is 1.00. The van der Waals surface area contributed by atoms with Crippen molar-refractivity contribution in [1.29, 1.82) is 0 Å². The minimum Gasteiger partial charge on any atom is -0.381 e. The van der Waals surface area contributed by atoms with Crippen LogP contribution < -0.4 is 5.32 Å². The van der Waals surface area contributed by atoms with Gasteiger partial charge in [-0.2, -0.15) is 0 Å². The first-order chi connectivity index (χ1) is 6.33. The molecule has 2 spiro atoms. The highest BCUT2D eigenvalue weighted by Crippen LogP contribution is 2.56. The first-order valence-electron chi connectivity index (χ1n) is 5.61. The van der Waals surface area contributed by atoms with Gasteiger partial charge in [-0.25, -0.2) is 0 Å². The molecule has 1 saturated carbocycles. The van der Waals surface area contributed by atoms with Crippen LogP contribution in [0.2, 0.25) is 0 Å². The maximum atomic E-state index is 5.46. The molecular weight excluding hydrogens is 162 g/mol. The summed E-state index contributed by atoms with van der Waals surface area (Å²) in [4.78, 5) is 0. The van der Waals surface area contributed by atoms with E-state index in [0.717, 1.165) is 18.6 Å². The standard InChI is InChI=1S/C11H19NO/c1-2-10(1)7-11(9-12-8-10)3-5-13-6-4-11/h12H,1-9H2. The topological polar surface area (TPSA) is 21.3 Å². The zero-order chi connectivity index (χ0) is 8.78. The van der Waals surface area contributed by atoms with Gasteiger partial charge in [0, 0.05) is 26.3 Å². The second-order valence-corrected chi connectivity index (χ2v) is 5.39. The fourth-order valence-corrected chi connectivity index (χ4v) is 3.20. The molecule has 74 valence electrons. The van der Waals surface area contributed by atoms with E-state index in [1.165, 1.54) is 45.2 Å². The molecule has 0 unspecified atom stereocenters. The Bertz CT molecular complexity index is 199. The van der Waals surface area contributed by atoms with Crippen molar-refractivity contribution in [3.63, 3.8) is 0 Å². The van der Waals surface area contributed by atoms with Gasteiger partial charge in [-0.1, -0.05) is 0 Å². The van der Waals surface area contributed by atoms with Crippen LogP contribution in [0.15, 0.2) is 0 Å². The molecule has 0 aromatic carbocycles. The summed E-state index contributed by atoms with van der Waals surface area (Å²) < 4.78 is 5.46. The lowest BCUT2D eigenvalue weighted by Gasteiger charge is -2.44. The number of hydrogen-bond donors (Lipinski definition) is 1. The van der Waals surface area contributed by atoms with E-state index in [0.29, 0.717) is 5.41 Å². The summed E-state index contributed by atoms with van der Waals surface area (Å²) in [7, 11) is 0. The van der Waals surface area contributed by atoms with Crippen LogP contribution in [0.5, 0.6) is 0 Å². The number of rotatable bonds is 0. The molecule has 3 aliphatic rings. The molecule has 0 bridgehead atoms. The van der Waals surface area contributed by atoms with Crippen molar-refractivity contribution in [2.45, 2.75) is 32.1 Å². The number of piperidine rings is 1. The monoisotopic (exact) mass is 181 g/mol. The Hall–Kier alpha value is -0.0800. The van der Waals surface area contributed by atoms with Crippen LogP contribution in [0, 0.1) is 10.8 Å². The predicted molar refractivity (Wildman–Crippen MR) is 51.6 cm³/mol. The third-order valence-electron chi connectivity index (χ3n) is 4.26. The van der Waals surface area contributed by atoms with Gasteiger partial charge < -0.3 is 10.1 Å². The van der Waals surface area contributed by atoms with Crippen LogP contribution in [0.3, 0.4) is 0 Å². The van der Waals surface area contributed by atoms with Gasteiger partial charge in [0.25, 0.3) is 0 Å². The first kappa shape index (κ1) is 8.25. The van der Waals surface area contributed by atoms with Crippen molar-refractivity contribution in [2.75, 3.05) is 26.3 Å². The van der Waals surface area contributed by atoms with Gasteiger partial charge in [-0.05, 0) is 42.9 Å². The zero-order valence-corrected chi connectivity index (χ0v) is 8.27. The number of hydrogen-bond acceptors (Lipinski definition) is 2. The zero-order valence-electron chi connectivity index (χ0n) is 8.27. The molecule has 3 fully saturated rings. The van der Waals surface area contributed by atoms with Gasteiger partial charge >= 0.3 is 0 Å². The van der Waals surface area contributed by atoms with E-state index < -0.39 is 0 Å². The van der Waals surface area contributed by atoms with Crippen LogP contribution in [0.25, 0.3) is 0 Å². The number of nitrogens with one attached hydrogen (secondary N) is 1. The SMILES string of the molecule is C1CC2(CCO1)CNCC1(CC1)C2. The lowest BCUT2D eigenvalue weighted by molar-refractivity contribution is -0.0126. The number of ether oxygens (including phenoxy) is 1. The summed E-state index contributed by atoms with van der Waals surface area (Å²) in [6, 6.07) is 0. The summed E-state index contributed by atoms with van der Waals surface area (Å²) in [5.74, 6) is 0. The Balaban J connectivity index is 1.74. The summed E-state index contributed by atoms with van der Waals surface area (Å²) in [5.41, 5.74) is 1.35. The molecule has 3 rings (SSSR count). The molecule has 1 aliphatic carbocycles. The second-order valence-electron chi connectivity index (χ2n) is 5.39. The lowest BCUT2D eigenvalue weighted by atomic mass is 9.70. The molecule has 2 heteroatoms. The van der Waals surface area contributed by atoms with Crippen LogP contribution in [0.4, 0.5) is 0 Å². The fourth-order valence-electron chi connectivity index (χ4n) is 3.20. The Morgan fingerprint density at radius 3 is 2.08 bits per heavy atom. The van der Waals surface area contributed by atoms with Gasteiger partial charge in [0.05, 0.1) is 0 Å². The molecule has 2 nitrogen and oxygen atoms in total. The van der Waals surface area contributed by atoms with E-state index in [1.807, 2.05) is 0 Å². The molecule has 13 heavy (non-hydrogen) atoms. The van der Waals surface area contributed by atoms with E-state index in [4.69, 9.17) is 4.74 Å². The summed E-state index contributed by atoms with van der Waals surface area (Å²) >= 11 is 0. The normalized spacial score (nSPS) is 35.1. The van der Waals surface area contributed by atoms with E-state index in [9.17, 15) is 0 Å². The highest BCUT2D eigenvalue weighted by molar-refractivity contribution is 5.04. The molecule has 0 aromatic rings.